The fraction of sp³-hybridized carbons (Fsp3) is 0.611. The molecule has 0 aliphatic heterocycles. The average molecular weight is 304 g/mol. The van der Waals surface area contributed by atoms with Crippen LogP contribution in [0.1, 0.15) is 38.7 Å². The maximum Gasteiger partial charge on any atom is 0.407 e. The topological polar surface area (TPSA) is 41.6 Å². The average Bonchev–Trinajstić information content (AvgIpc) is 2.48. The maximum absolute atomic E-state index is 12.0. The van der Waals surface area contributed by atoms with E-state index < -0.39 is 0 Å². The number of hydrogen-bond acceptors (Lipinski definition) is 3. The lowest BCUT2D eigenvalue weighted by molar-refractivity contribution is 0.0789. The van der Waals surface area contributed by atoms with Crippen molar-refractivity contribution in [1.82, 2.24) is 10.2 Å². The molecule has 1 N–H and O–H groups in total. The summed E-state index contributed by atoms with van der Waals surface area (Å²) in [6, 6.07) is 10.5. The summed E-state index contributed by atoms with van der Waals surface area (Å²) in [6.07, 6.45) is 2.88. The molecule has 1 fully saturated rings. The number of nitrogens with one attached hydrogen (secondary N) is 1. The van der Waals surface area contributed by atoms with Gasteiger partial charge in [0.1, 0.15) is 6.61 Å². The first kappa shape index (κ1) is 16.8. The quantitative estimate of drug-likeness (QED) is 0.926. The molecule has 1 aromatic rings. The maximum atomic E-state index is 12.0. The molecule has 122 valence electrons. The van der Waals surface area contributed by atoms with Crippen molar-refractivity contribution in [2.24, 2.45) is 5.41 Å². The summed E-state index contributed by atoms with van der Waals surface area (Å²) < 4.78 is 5.34. The summed E-state index contributed by atoms with van der Waals surface area (Å²) in [7, 11) is 4.26. The zero-order valence-corrected chi connectivity index (χ0v) is 14.1. The molecule has 2 rings (SSSR count). The van der Waals surface area contributed by atoms with Crippen molar-refractivity contribution in [3.8, 4) is 0 Å². The molecule has 4 nitrogen and oxygen atoms in total. The highest BCUT2D eigenvalue weighted by Gasteiger charge is 2.38. The van der Waals surface area contributed by atoms with Crippen LogP contribution in [-0.4, -0.2) is 37.2 Å². The van der Waals surface area contributed by atoms with Crippen molar-refractivity contribution in [2.45, 2.75) is 51.8 Å². The molecule has 0 spiro atoms. The molecule has 0 saturated heterocycles. The lowest BCUT2D eigenvalue weighted by atomic mass is 9.71. The molecular weight excluding hydrogens is 276 g/mol. The number of hydrogen-bond donors (Lipinski definition) is 1. The third-order valence-electron chi connectivity index (χ3n) is 4.73. The predicted molar refractivity (Wildman–Crippen MR) is 88.7 cm³/mol. The van der Waals surface area contributed by atoms with Gasteiger partial charge in [0.2, 0.25) is 0 Å². The molecule has 0 unspecified atom stereocenters. The van der Waals surface area contributed by atoms with Gasteiger partial charge in [-0.2, -0.15) is 0 Å². The molecule has 1 saturated carbocycles. The normalized spacial score (nSPS) is 24.0. The van der Waals surface area contributed by atoms with E-state index in [-0.39, 0.29) is 17.6 Å². The third-order valence-corrected chi connectivity index (χ3v) is 4.73. The van der Waals surface area contributed by atoms with Crippen molar-refractivity contribution in [1.29, 1.82) is 0 Å². The summed E-state index contributed by atoms with van der Waals surface area (Å²) in [5.41, 5.74) is 1.09. The number of benzene rings is 1. The van der Waals surface area contributed by atoms with Gasteiger partial charge in [0.15, 0.2) is 0 Å². The monoisotopic (exact) mass is 304 g/mol. The van der Waals surface area contributed by atoms with E-state index in [0.717, 1.165) is 24.8 Å². The Morgan fingerprint density at radius 1 is 1.27 bits per heavy atom. The number of nitrogens with zero attached hydrogens (tertiary/aromatic N) is 1. The Morgan fingerprint density at radius 2 is 1.95 bits per heavy atom. The highest BCUT2D eigenvalue weighted by Crippen LogP contribution is 2.37. The third kappa shape index (κ3) is 4.47. The Kier molecular flexibility index (Phi) is 5.46. The van der Waals surface area contributed by atoms with Crippen LogP contribution in [0.15, 0.2) is 30.3 Å². The van der Waals surface area contributed by atoms with Crippen molar-refractivity contribution in [3.63, 3.8) is 0 Å². The molecule has 1 aliphatic carbocycles. The minimum Gasteiger partial charge on any atom is -0.445 e. The van der Waals surface area contributed by atoms with E-state index in [0.29, 0.717) is 12.6 Å². The largest absolute Gasteiger partial charge is 0.445 e. The lowest BCUT2D eigenvalue weighted by Crippen LogP contribution is -2.51. The van der Waals surface area contributed by atoms with Crippen LogP contribution >= 0.6 is 0 Å². The Bertz CT molecular complexity index is 485. The van der Waals surface area contributed by atoms with Gasteiger partial charge in [-0.15, -0.1) is 0 Å². The van der Waals surface area contributed by atoms with Gasteiger partial charge in [0.05, 0.1) is 0 Å². The van der Waals surface area contributed by atoms with E-state index in [9.17, 15) is 4.79 Å². The Labute approximate surface area is 133 Å². The highest BCUT2D eigenvalue weighted by atomic mass is 16.5. The minimum atomic E-state index is -0.315. The smallest absolute Gasteiger partial charge is 0.407 e. The minimum absolute atomic E-state index is 0.0823. The zero-order chi connectivity index (χ0) is 16.2. The number of carbonyl (C=O) groups excluding carboxylic acids is 1. The van der Waals surface area contributed by atoms with Gasteiger partial charge in [-0.05, 0) is 44.3 Å². The second-order valence-electron chi connectivity index (χ2n) is 7.15. The van der Waals surface area contributed by atoms with Crippen LogP contribution in [0, 0.1) is 5.41 Å². The standard InChI is InChI=1S/C18H28N2O2/c1-18(2)12-15(20(3)4)10-11-16(18)19-17(21)22-13-14-8-6-5-7-9-14/h5-9,15-16H,10-13H2,1-4H3,(H,19,21)/t15-,16-/m0/s1. The summed E-state index contributed by atoms with van der Waals surface area (Å²) in [6.45, 7) is 4.77. The number of carbonyl (C=O) groups is 1. The summed E-state index contributed by atoms with van der Waals surface area (Å²) >= 11 is 0. The second-order valence-corrected chi connectivity index (χ2v) is 7.15. The molecule has 2 atom stereocenters. The summed E-state index contributed by atoms with van der Waals surface area (Å²) in [5, 5.41) is 3.06. The van der Waals surface area contributed by atoms with Gasteiger partial charge in [0.25, 0.3) is 0 Å². The van der Waals surface area contributed by atoms with Gasteiger partial charge >= 0.3 is 6.09 Å². The van der Waals surface area contributed by atoms with Gasteiger partial charge in [-0.3, -0.25) is 0 Å². The van der Waals surface area contributed by atoms with Gasteiger partial charge < -0.3 is 15.0 Å². The SMILES string of the molecule is CN(C)[C@H]1CC[C@H](NC(=O)OCc2ccccc2)C(C)(C)C1. The highest BCUT2D eigenvalue weighted by molar-refractivity contribution is 5.67. The Morgan fingerprint density at radius 3 is 2.55 bits per heavy atom. The van der Waals surface area contributed by atoms with Crippen LogP contribution in [0.2, 0.25) is 0 Å². The van der Waals surface area contributed by atoms with Crippen LogP contribution in [0.25, 0.3) is 0 Å². The van der Waals surface area contributed by atoms with Gasteiger partial charge in [-0.1, -0.05) is 44.2 Å². The lowest BCUT2D eigenvalue weighted by Gasteiger charge is -2.44. The molecule has 0 aromatic heterocycles. The first-order chi connectivity index (χ1) is 10.4. The van der Waals surface area contributed by atoms with E-state index >= 15 is 0 Å². The zero-order valence-electron chi connectivity index (χ0n) is 14.1. The molecule has 22 heavy (non-hydrogen) atoms. The van der Waals surface area contributed by atoms with Crippen LogP contribution in [0.5, 0.6) is 0 Å². The second kappa shape index (κ2) is 7.14. The molecule has 0 radical (unpaired) electrons. The van der Waals surface area contributed by atoms with Crippen LogP contribution in [0.4, 0.5) is 4.79 Å². The van der Waals surface area contributed by atoms with Crippen molar-refractivity contribution in [3.05, 3.63) is 35.9 Å². The molecule has 1 amide bonds. The first-order valence-electron chi connectivity index (χ1n) is 8.02. The van der Waals surface area contributed by atoms with E-state index in [1.54, 1.807) is 0 Å². The van der Waals surface area contributed by atoms with Gasteiger partial charge in [-0.25, -0.2) is 4.79 Å². The molecular formula is C18H28N2O2. The molecule has 0 heterocycles. The van der Waals surface area contributed by atoms with Crippen molar-refractivity contribution in [2.75, 3.05) is 14.1 Å². The number of rotatable bonds is 4. The summed E-state index contributed by atoms with van der Waals surface area (Å²) in [4.78, 5) is 14.3. The number of amides is 1. The number of ether oxygens (including phenoxy) is 1. The predicted octanol–water partition coefficient (Wildman–Crippen LogP) is 3.42. The fourth-order valence-corrected chi connectivity index (χ4v) is 3.22. The first-order valence-corrected chi connectivity index (χ1v) is 8.02. The van der Waals surface area contributed by atoms with Gasteiger partial charge in [0, 0.05) is 12.1 Å². The summed E-state index contributed by atoms with van der Waals surface area (Å²) in [5.74, 6) is 0. The Balaban J connectivity index is 1.84. The van der Waals surface area contributed by atoms with Crippen LogP contribution in [0.3, 0.4) is 0 Å². The Hall–Kier alpha value is -1.55. The van der Waals surface area contributed by atoms with E-state index in [1.807, 2.05) is 30.3 Å². The van der Waals surface area contributed by atoms with Crippen LogP contribution in [-0.2, 0) is 11.3 Å². The van der Waals surface area contributed by atoms with Crippen LogP contribution < -0.4 is 5.32 Å². The molecule has 1 aromatic carbocycles. The van der Waals surface area contributed by atoms with Crippen molar-refractivity contribution >= 4 is 6.09 Å². The van der Waals surface area contributed by atoms with E-state index in [1.165, 1.54) is 0 Å². The van der Waals surface area contributed by atoms with E-state index in [2.05, 4.69) is 38.2 Å². The fourth-order valence-electron chi connectivity index (χ4n) is 3.22. The van der Waals surface area contributed by atoms with Crippen molar-refractivity contribution < 1.29 is 9.53 Å². The number of alkyl carbamates (subject to hydrolysis) is 1. The van der Waals surface area contributed by atoms with E-state index in [4.69, 9.17) is 4.74 Å². The molecule has 1 aliphatic rings. The molecule has 4 heteroatoms. The molecule has 0 bridgehead atoms.